The van der Waals surface area contributed by atoms with Crippen LogP contribution in [0, 0.1) is 5.92 Å². The fraction of sp³-hybridized carbons (Fsp3) is 0.433. The number of carbonyl (C=O) groups excluding carboxylic acids is 2. The van der Waals surface area contributed by atoms with Crippen molar-refractivity contribution in [1.82, 2.24) is 19.6 Å². The first-order valence-corrected chi connectivity index (χ1v) is 16.8. The van der Waals surface area contributed by atoms with Crippen molar-refractivity contribution in [3.05, 3.63) is 65.6 Å². The number of nitrogens with zero attached hydrogens (tertiary/aromatic N) is 2. The first-order chi connectivity index (χ1) is 19.8. The number of thioether (sulfide) groups is 1. The molecule has 1 aliphatic carbocycles. The number of urea groups is 1. The molecular weight excluding hydrogens is 560 g/mol. The summed E-state index contributed by atoms with van der Waals surface area (Å²) >= 11 is 1.41. The van der Waals surface area contributed by atoms with Crippen LogP contribution in [0.25, 0.3) is 11.1 Å². The number of nitrogens with one attached hydrogen (secondary N) is 2. The zero-order valence-corrected chi connectivity index (χ0v) is 25.4. The van der Waals surface area contributed by atoms with Gasteiger partial charge in [0, 0.05) is 25.1 Å². The smallest absolute Gasteiger partial charge is 0.357 e. The van der Waals surface area contributed by atoms with Gasteiger partial charge in [0.15, 0.2) is 5.69 Å². The number of benzene rings is 2. The van der Waals surface area contributed by atoms with E-state index in [2.05, 4.69) is 17.0 Å². The van der Waals surface area contributed by atoms with Crippen molar-refractivity contribution >= 4 is 33.8 Å². The first kappa shape index (κ1) is 30.6. The van der Waals surface area contributed by atoms with Gasteiger partial charge in [0.2, 0.25) is 0 Å². The molecule has 0 saturated heterocycles. The van der Waals surface area contributed by atoms with Gasteiger partial charge in [-0.3, -0.25) is 0 Å². The van der Waals surface area contributed by atoms with Gasteiger partial charge in [-0.1, -0.05) is 62.2 Å². The van der Waals surface area contributed by atoms with Gasteiger partial charge in [0.05, 0.1) is 11.5 Å². The summed E-state index contributed by atoms with van der Waals surface area (Å²) in [6.45, 7) is 5.00. The molecule has 0 aliphatic heterocycles. The van der Waals surface area contributed by atoms with Crippen LogP contribution in [0.3, 0.4) is 0 Å². The van der Waals surface area contributed by atoms with Crippen LogP contribution < -0.4 is 10.0 Å². The SMILES string of the molecule is CCCc1nc(SC)c(C(=O)OCC)n1Cc1ccc(-c2ccccc2S(=O)(=O)NC(=O)NCC2CCCC2)cc1. The van der Waals surface area contributed by atoms with Gasteiger partial charge in [-0.2, -0.15) is 0 Å². The Morgan fingerprint density at radius 2 is 1.78 bits per heavy atom. The minimum atomic E-state index is -4.10. The van der Waals surface area contributed by atoms with E-state index in [-0.39, 0.29) is 11.5 Å². The molecular formula is C30H38N4O5S2. The third-order valence-electron chi connectivity index (χ3n) is 7.19. The number of amides is 2. The number of aromatic nitrogens is 2. The van der Waals surface area contributed by atoms with Gasteiger partial charge in [0.25, 0.3) is 10.0 Å². The third kappa shape index (κ3) is 7.51. The fourth-order valence-corrected chi connectivity index (χ4v) is 6.92. The summed E-state index contributed by atoms with van der Waals surface area (Å²) in [7, 11) is -4.10. The number of hydrogen-bond acceptors (Lipinski definition) is 7. The Hall–Kier alpha value is -3.31. The number of imidazole rings is 1. The maximum atomic E-state index is 13.2. The Bertz CT molecular complexity index is 1460. The van der Waals surface area contributed by atoms with Crippen molar-refractivity contribution in [3.63, 3.8) is 0 Å². The van der Waals surface area contributed by atoms with E-state index in [1.807, 2.05) is 35.1 Å². The van der Waals surface area contributed by atoms with Gasteiger partial charge >= 0.3 is 12.0 Å². The molecule has 1 fully saturated rings. The van der Waals surface area contributed by atoms with Crippen LogP contribution >= 0.6 is 11.8 Å². The summed E-state index contributed by atoms with van der Waals surface area (Å²) in [5.74, 6) is 0.815. The van der Waals surface area contributed by atoms with E-state index in [0.29, 0.717) is 40.9 Å². The second-order valence-corrected chi connectivity index (χ2v) is 12.5. The largest absolute Gasteiger partial charge is 0.461 e. The summed E-state index contributed by atoms with van der Waals surface area (Å²) < 4.78 is 35.8. The molecule has 11 heteroatoms. The number of sulfonamides is 1. The lowest BCUT2D eigenvalue weighted by Crippen LogP contribution is -2.41. The number of ether oxygens (including phenoxy) is 1. The summed E-state index contributed by atoms with van der Waals surface area (Å²) in [5, 5.41) is 3.35. The maximum Gasteiger partial charge on any atom is 0.357 e. The van der Waals surface area contributed by atoms with Gasteiger partial charge in [0.1, 0.15) is 10.9 Å². The van der Waals surface area contributed by atoms with Crippen LogP contribution in [-0.4, -0.2) is 49.4 Å². The standard InChI is InChI=1S/C30H38N4O5S2/c1-4-10-26-32-28(40-3)27(29(35)39-5-2)34(26)20-22-15-17-23(18-16-22)24-13-8-9-14-25(24)41(37,38)33-30(36)31-19-21-11-6-7-12-21/h8-9,13-18,21H,4-7,10-12,19-20H2,1-3H3,(H2,31,33,36). The average Bonchev–Trinajstić information content (AvgIpc) is 3.60. The topological polar surface area (TPSA) is 119 Å². The van der Waals surface area contributed by atoms with Crippen LogP contribution in [0.15, 0.2) is 58.5 Å². The quantitative estimate of drug-likeness (QED) is 0.205. The molecule has 2 aromatic carbocycles. The lowest BCUT2D eigenvalue weighted by Gasteiger charge is -2.15. The molecule has 1 aromatic heterocycles. The van der Waals surface area contributed by atoms with Gasteiger partial charge < -0.3 is 14.6 Å². The average molecular weight is 599 g/mol. The van der Waals surface area contributed by atoms with E-state index in [9.17, 15) is 18.0 Å². The third-order valence-corrected chi connectivity index (χ3v) is 9.25. The molecule has 4 rings (SSSR count). The highest BCUT2D eigenvalue weighted by atomic mass is 32.2. The van der Waals surface area contributed by atoms with Gasteiger partial charge in [-0.05, 0) is 55.6 Å². The fourth-order valence-electron chi connectivity index (χ4n) is 5.18. The van der Waals surface area contributed by atoms with Crippen LogP contribution in [0.4, 0.5) is 4.79 Å². The van der Waals surface area contributed by atoms with Crippen LogP contribution in [0.5, 0.6) is 0 Å². The van der Waals surface area contributed by atoms with E-state index in [4.69, 9.17) is 9.72 Å². The summed E-state index contributed by atoms with van der Waals surface area (Å²) in [6, 6.07) is 13.4. The van der Waals surface area contributed by atoms with Crippen molar-refractivity contribution in [2.45, 2.75) is 68.8 Å². The number of carbonyl (C=O) groups is 2. The molecule has 41 heavy (non-hydrogen) atoms. The number of rotatable bonds is 12. The predicted molar refractivity (Wildman–Crippen MR) is 161 cm³/mol. The van der Waals surface area contributed by atoms with E-state index >= 15 is 0 Å². The Labute approximate surface area is 246 Å². The van der Waals surface area contributed by atoms with Crippen molar-refractivity contribution in [2.24, 2.45) is 5.92 Å². The second-order valence-electron chi connectivity index (χ2n) is 10.1. The zero-order chi connectivity index (χ0) is 29.4. The normalized spacial score (nSPS) is 13.7. The number of hydrogen-bond donors (Lipinski definition) is 2. The molecule has 2 N–H and O–H groups in total. The van der Waals surface area contributed by atoms with Crippen molar-refractivity contribution in [2.75, 3.05) is 19.4 Å². The molecule has 2 amide bonds. The molecule has 0 radical (unpaired) electrons. The Balaban J connectivity index is 1.56. The van der Waals surface area contributed by atoms with E-state index in [0.717, 1.165) is 49.9 Å². The Morgan fingerprint density at radius 1 is 1.07 bits per heavy atom. The lowest BCUT2D eigenvalue weighted by molar-refractivity contribution is 0.0509. The summed E-state index contributed by atoms with van der Waals surface area (Å²) in [4.78, 5) is 30.0. The molecule has 9 nitrogen and oxygen atoms in total. The van der Waals surface area contributed by atoms with Crippen molar-refractivity contribution in [3.8, 4) is 11.1 Å². The number of esters is 1. The maximum absolute atomic E-state index is 13.2. The molecule has 1 heterocycles. The molecule has 1 saturated carbocycles. The minimum Gasteiger partial charge on any atom is -0.461 e. The highest BCUT2D eigenvalue weighted by Gasteiger charge is 2.25. The molecule has 220 valence electrons. The molecule has 0 unspecified atom stereocenters. The number of aryl methyl sites for hydroxylation is 1. The van der Waals surface area contributed by atoms with Gasteiger partial charge in [-0.25, -0.2) is 27.7 Å². The van der Waals surface area contributed by atoms with Crippen LogP contribution in [-0.2, 0) is 27.7 Å². The van der Waals surface area contributed by atoms with E-state index in [1.54, 1.807) is 25.1 Å². The van der Waals surface area contributed by atoms with E-state index in [1.165, 1.54) is 17.8 Å². The van der Waals surface area contributed by atoms with E-state index < -0.39 is 22.0 Å². The molecule has 0 atom stereocenters. The molecule has 0 bridgehead atoms. The first-order valence-electron chi connectivity index (χ1n) is 14.1. The molecule has 0 spiro atoms. The minimum absolute atomic E-state index is 0.0258. The van der Waals surface area contributed by atoms with Crippen molar-refractivity contribution in [1.29, 1.82) is 0 Å². The summed E-state index contributed by atoms with van der Waals surface area (Å²) in [6.07, 6.45) is 7.88. The summed E-state index contributed by atoms with van der Waals surface area (Å²) in [5.41, 5.74) is 2.55. The molecule has 3 aromatic rings. The van der Waals surface area contributed by atoms with Crippen LogP contribution in [0.1, 0.15) is 67.8 Å². The highest BCUT2D eigenvalue weighted by Crippen LogP contribution is 2.29. The van der Waals surface area contributed by atoms with Gasteiger partial charge in [-0.15, -0.1) is 11.8 Å². The predicted octanol–water partition coefficient (Wildman–Crippen LogP) is 5.63. The van der Waals surface area contributed by atoms with Crippen molar-refractivity contribution < 1.29 is 22.7 Å². The lowest BCUT2D eigenvalue weighted by atomic mass is 10.0. The monoisotopic (exact) mass is 598 g/mol. The Kier molecular flexibility index (Phi) is 10.5. The second kappa shape index (κ2) is 14.0. The molecule has 1 aliphatic rings. The van der Waals surface area contributed by atoms with Crippen LogP contribution in [0.2, 0.25) is 0 Å². The highest BCUT2D eigenvalue weighted by molar-refractivity contribution is 7.98. The Morgan fingerprint density at radius 3 is 2.44 bits per heavy atom. The zero-order valence-electron chi connectivity index (χ0n) is 23.8.